The molecule has 0 fully saturated rings. The summed E-state index contributed by atoms with van der Waals surface area (Å²) >= 11 is 5.36. The number of hydrogen-bond donors (Lipinski definition) is 1. The Balaban J connectivity index is 0.00000661. The van der Waals surface area contributed by atoms with Gasteiger partial charge in [0.2, 0.25) is 0 Å². The van der Waals surface area contributed by atoms with E-state index in [1.54, 1.807) is 16.7 Å². The molecule has 6 aromatic rings. The minimum Gasteiger partial charge on any atom is -0.344 e. The molecule has 3 aromatic carbocycles. The lowest BCUT2D eigenvalue weighted by atomic mass is 9.70. The van der Waals surface area contributed by atoms with Gasteiger partial charge in [-0.25, -0.2) is 0 Å². The van der Waals surface area contributed by atoms with Crippen molar-refractivity contribution >= 4 is 45.4 Å². The second-order valence-corrected chi connectivity index (χ2v) is 21.7. The molecule has 7 rings (SSSR count). The van der Waals surface area contributed by atoms with Crippen molar-refractivity contribution in [3.05, 3.63) is 93.4 Å². The highest BCUT2D eigenvalue weighted by atomic mass is 32.1. The number of nitrogens with zero attached hydrogens (tertiary/aromatic N) is 2. The van der Waals surface area contributed by atoms with Crippen LogP contribution in [0.5, 0.6) is 0 Å². The largest absolute Gasteiger partial charge is 0.344 e. The maximum Gasteiger partial charge on any atom is 0.113 e. The lowest BCUT2D eigenvalue weighted by Gasteiger charge is -2.33. The quantitative estimate of drug-likeness (QED) is 0.0524. The lowest BCUT2D eigenvalue weighted by Crippen LogP contribution is -2.25. The van der Waals surface area contributed by atoms with Crippen LogP contribution in [0.25, 0.3) is 53.5 Å². The van der Waals surface area contributed by atoms with E-state index in [-0.39, 0.29) is 11.6 Å². The molecule has 1 aliphatic rings. The van der Waals surface area contributed by atoms with Crippen LogP contribution in [0.3, 0.4) is 0 Å². The van der Waals surface area contributed by atoms with E-state index in [2.05, 4.69) is 102 Å². The maximum absolute atomic E-state index is 4.84. The molecule has 6 heteroatoms. The van der Waals surface area contributed by atoms with Crippen LogP contribution in [-0.4, -0.2) is 8.75 Å². The first-order chi connectivity index (χ1) is 30.4. The molecule has 63 heavy (non-hydrogen) atoms. The van der Waals surface area contributed by atoms with Crippen molar-refractivity contribution in [1.29, 1.82) is 0 Å². The number of unbranched alkanes of at least 4 members (excludes halogenated alkanes) is 16. The van der Waals surface area contributed by atoms with Crippen molar-refractivity contribution in [2.24, 2.45) is 0 Å². The second-order valence-electron chi connectivity index (χ2n) is 18.8. The van der Waals surface area contributed by atoms with Gasteiger partial charge < -0.3 is 6.15 Å². The monoisotopic (exact) mass is 902 g/mol. The van der Waals surface area contributed by atoms with Crippen LogP contribution in [0.2, 0.25) is 0 Å². The Kier molecular flexibility index (Phi) is 19.1. The van der Waals surface area contributed by atoms with Gasteiger partial charge in [-0.3, -0.25) is 0 Å². The summed E-state index contributed by atoms with van der Waals surface area (Å²) in [7, 11) is 0. The molecule has 0 saturated heterocycles. The smallest absolute Gasteiger partial charge is 0.113 e. The number of hydrogen-bond acceptors (Lipinski definition) is 6. The summed E-state index contributed by atoms with van der Waals surface area (Å²) < 4.78 is 9.56. The number of aromatic nitrogens is 2. The van der Waals surface area contributed by atoms with Gasteiger partial charge in [0, 0.05) is 30.5 Å². The highest BCUT2D eigenvalue weighted by molar-refractivity contribution is 7.19. The van der Waals surface area contributed by atoms with Gasteiger partial charge in [-0.15, -0.1) is 22.7 Å². The van der Waals surface area contributed by atoms with Crippen LogP contribution in [-0.2, 0) is 18.3 Å². The van der Waals surface area contributed by atoms with E-state index in [0.717, 1.165) is 17.5 Å². The van der Waals surface area contributed by atoms with Gasteiger partial charge in [-0.1, -0.05) is 180 Å². The number of rotatable bonds is 27. The Labute approximate surface area is 394 Å². The molecule has 3 heterocycles. The average molecular weight is 902 g/mol. The van der Waals surface area contributed by atoms with Crippen molar-refractivity contribution < 1.29 is 0 Å². The van der Waals surface area contributed by atoms with E-state index in [0.29, 0.717) is 0 Å². The first-order valence-corrected chi connectivity index (χ1v) is 27.5. The van der Waals surface area contributed by atoms with Crippen LogP contribution in [0.15, 0.2) is 60.7 Å². The zero-order chi connectivity index (χ0) is 43.3. The van der Waals surface area contributed by atoms with Crippen molar-refractivity contribution in [1.82, 2.24) is 14.9 Å². The molecule has 0 aliphatic heterocycles. The Hall–Kier alpha value is -3.16. The minimum absolute atomic E-state index is 0. The third-order valence-electron chi connectivity index (χ3n) is 14.0. The van der Waals surface area contributed by atoms with Crippen molar-refractivity contribution in [2.75, 3.05) is 0 Å². The Morgan fingerprint density at radius 1 is 0.460 bits per heavy atom. The fourth-order valence-corrected chi connectivity index (χ4v) is 13.4. The summed E-state index contributed by atoms with van der Waals surface area (Å²) in [6, 6.07) is 25.0. The predicted octanol–water partition coefficient (Wildman–Crippen LogP) is 19.6. The standard InChI is InChI=1S/C57H76N2S3.H3N/c1-7-11-15-19-21-25-35-57(36-26-22-20-16-12-8-2)50-38-45(55-43(37-42(6)60-55)27-23-17-13-9-3)30-33-47(50)48-34-31-46(39-51(48)57)56-44(28-24-18-14-10-4)40-52(61-56)49-32-29-41(5)53-54(49)59-62-58-53;/h29-34,37-40H,7-28,35-36H2,1-6H3;1H3. The first-order valence-electron chi connectivity index (χ1n) is 25.2. The van der Waals surface area contributed by atoms with E-state index in [1.165, 1.54) is 218 Å². The topological polar surface area (TPSA) is 60.8 Å². The molecule has 1 aliphatic carbocycles. The van der Waals surface area contributed by atoms with Gasteiger partial charge in [0.1, 0.15) is 11.0 Å². The molecule has 0 spiro atoms. The first kappa shape index (κ1) is 49.3. The molecule has 0 saturated carbocycles. The summed E-state index contributed by atoms with van der Waals surface area (Å²) in [6.45, 7) is 13.8. The molecule has 0 unspecified atom stereocenters. The van der Waals surface area contributed by atoms with Crippen LogP contribution < -0.4 is 6.15 Å². The molecule has 3 N–H and O–H groups in total. The van der Waals surface area contributed by atoms with Crippen LogP contribution in [0, 0.1) is 13.8 Å². The van der Waals surface area contributed by atoms with Crippen molar-refractivity contribution in [2.45, 2.75) is 201 Å². The van der Waals surface area contributed by atoms with Crippen molar-refractivity contribution in [3.8, 4) is 42.4 Å². The number of fused-ring (bicyclic) bond motifs is 4. The van der Waals surface area contributed by atoms with Gasteiger partial charge in [0.15, 0.2) is 0 Å². The highest BCUT2D eigenvalue weighted by Crippen LogP contribution is 2.57. The molecule has 3 aromatic heterocycles. The Bertz CT molecular complexity index is 2310. The third-order valence-corrected chi connectivity index (χ3v) is 17.0. The fourth-order valence-electron chi connectivity index (χ4n) is 10.5. The summed E-state index contributed by atoms with van der Waals surface area (Å²) in [5.74, 6) is 0. The Morgan fingerprint density at radius 2 is 0.921 bits per heavy atom. The average Bonchev–Trinajstić information content (AvgIpc) is 4.08. The summed E-state index contributed by atoms with van der Waals surface area (Å²) in [5.41, 5.74) is 16.7. The number of aryl methyl sites for hydroxylation is 4. The minimum atomic E-state index is 0. The number of thiophene rings is 2. The van der Waals surface area contributed by atoms with Gasteiger partial charge >= 0.3 is 0 Å². The van der Waals surface area contributed by atoms with Gasteiger partial charge in [-0.05, 0) is 127 Å². The number of benzene rings is 3. The summed E-state index contributed by atoms with van der Waals surface area (Å²) in [5, 5.41) is 0. The van der Waals surface area contributed by atoms with Gasteiger partial charge in [-0.2, -0.15) is 8.75 Å². The van der Waals surface area contributed by atoms with E-state index in [4.69, 9.17) is 8.75 Å². The predicted molar refractivity (Wildman–Crippen MR) is 282 cm³/mol. The third kappa shape index (κ3) is 11.6. The van der Waals surface area contributed by atoms with Crippen LogP contribution in [0.1, 0.15) is 202 Å². The van der Waals surface area contributed by atoms with Crippen LogP contribution >= 0.6 is 34.4 Å². The lowest BCUT2D eigenvalue weighted by molar-refractivity contribution is 0.398. The van der Waals surface area contributed by atoms with Gasteiger partial charge in [0.25, 0.3) is 0 Å². The molecule has 340 valence electrons. The molecule has 0 amide bonds. The summed E-state index contributed by atoms with van der Waals surface area (Å²) in [6.07, 6.45) is 31.2. The SMILES string of the molecule is CCCCCCCCC1(CCCCCCCC)c2cc(-c3sc(C)cc3CCCCCC)ccc2-c2ccc(-c3sc(-c4ccc(C)c5nsnc45)cc3CCCCCC)cc21.N. The maximum atomic E-state index is 4.84. The summed E-state index contributed by atoms with van der Waals surface area (Å²) in [4.78, 5) is 5.76. The molecule has 3 nitrogen and oxygen atoms in total. The van der Waals surface area contributed by atoms with E-state index >= 15 is 0 Å². The fraction of sp³-hybridized carbons (Fsp3) is 0.544. The zero-order valence-electron chi connectivity index (χ0n) is 40.1. The van der Waals surface area contributed by atoms with Gasteiger partial charge in [0.05, 0.1) is 11.7 Å². The Morgan fingerprint density at radius 3 is 1.48 bits per heavy atom. The normalized spacial score (nSPS) is 12.9. The second kappa shape index (κ2) is 24.4. The molecule has 0 atom stereocenters. The van der Waals surface area contributed by atoms with Crippen molar-refractivity contribution in [3.63, 3.8) is 0 Å². The van der Waals surface area contributed by atoms with Crippen LogP contribution in [0.4, 0.5) is 0 Å². The van der Waals surface area contributed by atoms with E-state index < -0.39 is 0 Å². The molecular weight excluding hydrogens is 823 g/mol. The molecular formula is C57H79N3S3. The zero-order valence-corrected chi connectivity index (χ0v) is 42.5. The molecule has 0 radical (unpaired) electrons. The van der Waals surface area contributed by atoms with E-state index in [9.17, 15) is 0 Å². The highest BCUT2D eigenvalue weighted by Gasteiger charge is 2.43. The molecule has 0 bridgehead atoms. The van der Waals surface area contributed by atoms with E-state index in [1.807, 2.05) is 22.7 Å².